The van der Waals surface area contributed by atoms with Crippen LogP contribution in [0.1, 0.15) is 17.5 Å². The lowest BCUT2D eigenvalue weighted by Gasteiger charge is -2.11. The monoisotopic (exact) mass is 492 g/mol. The van der Waals surface area contributed by atoms with Crippen molar-refractivity contribution in [2.45, 2.75) is 24.7 Å². The number of methoxy groups -OCH3 is 1. The van der Waals surface area contributed by atoms with E-state index >= 15 is 0 Å². The smallest absolute Gasteiger partial charge is 0.339 e. The van der Waals surface area contributed by atoms with E-state index in [9.17, 15) is 18.0 Å². The van der Waals surface area contributed by atoms with Crippen molar-refractivity contribution in [1.29, 1.82) is 0 Å². The standard InChI is InChI=1S/C26H24N2O6S/c1-17-22-12-11-20(33-2)16-24(22)34-26(30)23(17)13-14-25(29)27-18-7-6-8-19(15-18)28-35(31,32)21-9-4-3-5-10-21/h3-12,15-16,28H,13-14H2,1-2H3,(H,27,29). The van der Waals surface area contributed by atoms with E-state index in [1.165, 1.54) is 25.3 Å². The predicted molar refractivity (Wildman–Crippen MR) is 134 cm³/mol. The van der Waals surface area contributed by atoms with Crippen LogP contribution < -0.4 is 20.4 Å². The highest BCUT2D eigenvalue weighted by Crippen LogP contribution is 2.25. The largest absolute Gasteiger partial charge is 0.497 e. The summed E-state index contributed by atoms with van der Waals surface area (Å²) in [7, 11) is -2.22. The lowest BCUT2D eigenvalue weighted by molar-refractivity contribution is -0.116. The van der Waals surface area contributed by atoms with E-state index in [4.69, 9.17) is 9.15 Å². The highest BCUT2D eigenvalue weighted by molar-refractivity contribution is 7.92. The zero-order valence-corrected chi connectivity index (χ0v) is 20.0. The van der Waals surface area contributed by atoms with Crippen molar-refractivity contribution >= 4 is 38.3 Å². The molecule has 0 aliphatic heterocycles. The number of hydrogen-bond acceptors (Lipinski definition) is 6. The summed E-state index contributed by atoms with van der Waals surface area (Å²) in [6.45, 7) is 1.82. The lowest BCUT2D eigenvalue weighted by Crippen LogP contribution is -2.17. The number of sulfonamides is 1. The maximum Gasteiger partial charge on any atom is 0.339 e. The highest BCUT2D eigenvalue weighted by Gasteiger charge is 2.15. The van der Waals surface area contributed by atoms with Crippen LogP contribution in [0.5, 0.6) is 5.75 Å². The van der Waals surface area contributed by atoms with E-state index in [0.717, 1.165) is 10.9 Å². The van der Waals surface area contributed by atoms with Crippen LogP contribution in [0.15, 0.2) is 86.9 Å². The first-order chi connectivity index (χ1) is 16.8. The normalized spacial score (nSPS) is 11.3. The molecule has 0 radical (unpaired) electrons. The summed E-state index contributed by atoms with van der Waals surface area (Å²) in [5.41, 5.74) is 1.86. The van der Waals surface area contributed by atoms with Crippen molar-refractivity contribution in [3.05, 3.63) is 94.3 Å². The van der Waals surface area contributed by atoms with Crippen molar-refractivity contribution < 1.29 is 22.4 Å². The molecular formula is C26H24N2O6S. The fourth-order valence-electron chi connectivity index (χ4n) is 3.73. The summed E-state index contributed by atoms with van der Waals surface area (Å²) >= 11 is 0. The molecule has 0 aliphatic carbocycles. The molecule has 0 saturated carbocycles. The molecule has 8 nitrogen and oxygen atoms in total. The average molecular weight is 493 g/mol. The minimum atomic E-state index is -3.75. The first-order valence-corrected chi connectivity index (χ1v) is 12.3. The Morgan fingerprint density at radius 1 is 0.971 bits per heavy atom. The molecule has 1 aromatic heterocycles. The summed E-state index contributed by atoms with van der Waals surface area (Å²) in [6, 6.07) is 19.7. The van der Waals surface area contributed by atoms with Gasteiger partial charge in [0.05, 0.1) is 17.7 Å². The van der Waals surface area contributed by atoms with Crippen LogP contribution in [0.25, 0.3) is 11.0 Å². The van der Waals surface area contributed by atoms with Gasteiger partial charge in [-0.25, -0.2) is 13.2 Å². The van der Waals surface area contributed by atoms with Gasteiger partial charge in [0, 0.05) is 29.1 Å². The molecule has 9 heteroatoms. The molecule has 1 heterocycles. The van der Waals surface area contributed by atoms with Crippen LogP contribution >= 0.6 is 0 Å². The van der Waals surface area contributed by atoms with Gasteiger partial charge in [0.15, 0.2) is 0 Å². The molecule has 35 heavy (non-hydrogen) atoms. The van der Waals surface area contributed by atoms with Crippen LogP contribution in [0, 0.1) is 6.92 Å². The van der Waals surface area contributed by atoms with E-state index in [1.807, 2.05) is 13.0 Å². The molecule has 0 spiro atoms. The number of fused-ring (bicyclic) bond motifs is 1. The SMILES string of the molecule is COc1ccc2c(C)c(CCC(=O)Nc3cccc(NS(=O)(=O)c4ccccc4)c3)c(=O)oc2c1. The number of carbonyl (C=O) groups excluding carboxylic acids is 1. The number of hydrogen-bond donors (Lipinski definition) is 2. The Labute approximate surface area is 202 Å². The Morgan fingerprint density at radius 3 is 2.46 bits per heavy atom. The number of anilines is 2. The molecule has 4 aromatic rings. The number of ether oxygens (including phenoxy) is 1. The summed E-state index contributed by atoms with van der Waals surface area (Å²) in [6.07, 6.45) is 0.246. The number of rotatable bonds is 8. The van der Waals surface area contributed by atoms with Gasteiger partial charge in [0.25, 0.3) is 10.0 Å². The van der Waals surface area contributed by atoms with Gasteiger partial charge < -0.3 is 14.5 Å². The number of nitrogens with one attached hydrogen (secondary N) is 2. The summed E-state index contributed by atoms with van der Waals surface area (Å²) in [5, 5.41) is 3.52. The zero-order valence-electron chi connectivity index (χ0n) is 19.2. The highest BCUT2D eigenvalue weighted by atomic mass is 32.2. The molecule has 3 aromatic carbocycles. The van der Waals surface area contributed by atoms with E-state index < -0.39 is 15.6 Å². The van der Waals surface area contributed by atoms with Gasteiger partial charge in [-0.3, -0.25) is 9.52 Å². The molecular weight excluding hydrogens is 468 g/mol. The number of amides is 1. The molecule has 0 unspecified atom stereocenters. The molecule has 1 amide bonds. The quantitative estimate of drug-likeness (QED) is 0.351. The van der Waals surface area contributed by atoms with E-state index in [-0.39, 0.29) is 23.6 Å². The molecule has 4 rings (SSSR count). The maximum absolute atomic E-state index is 12.6. The third kappa shape index (κ3) is 5.52. The van der Waals surface area contributed by atoms with E-state index in [0.29, 0.717) is 28.3 Å². The Bertz CT molecular complexity index is 1550. The Balaban J connectivity index is 1.44. The molecule has 0 bridgehead atoms. The third-order valence-electron chi connectivity index (χ3n) is 5.55. The summed E-state index contributed by atoms with van der Waals surface area (Å²) in [5.74, 6) is 0.266. The maximum atomic E-state index is 12.6. The Hall–Kier alpha value is -4.11. The number of carbonyl (C=O) groups is 1. The van der Waals surface area contributed by atoms with Crippen LogP contribution in [0.2, 0.25) is 0 Å². The summed E-state index contributed by atoms with van der Waals surface area (Å²) < 4.78 is 38.2. The predicted octanol–water partition coefficient (Wildman–Crippen LogP) is 4.48. The van der Waals surface area contributed by atoms with Gasteiger partial charge in [0.2, 0.25) is 5.91 Å². The first-order valence-electron chi connectivity index (χ1n) is 10.8. The lowest BCUT2D eigenvalue weighted by atomic mass is 10.0. The number of benzene rings is 3. The van der Waals surface area contributed by atoms with Gasteiger partial charge in [-0.05, 0) is 61.4 Å². The Kier molecular flexibility index (Phi) is 6.88. The second-order valence-electron chi connectivity index (χ2n) is 7.90. The van der Waals surface area contributed by atoms with E-state index in [1.54, 1.807) is 48.5 Å². The zero-order chi connectivity index (χ0) is 25.0. The van der Waals surface area contributed by atoms with Crippen molar-refractivity contribution in [2.24, 2.45) is 0 Å². The first kappa shape index (κ1) is 24.0. The summed E-state index contributed by atoms with van der Waals surface area (Å²) in [4.78, 5) is 25.2. The fraction of sp³-hybridized carbons (Fsp3) is 0.154. The van der Waals surface area contributed by atoms with Crippen LogP contribution in [0.3, 0.4) is 0 Å². The third-order valence-corrected chi connectivity index (χ3v) is 6.95. The fourth-order valence-corrected chi connectivity index (χ4v) is 4.80. The second-order valence-corrected chi connectivity index (χ2v) is 9.59. The minimum absolute atomic E-state index is 0.0488. The molecule has 0 aliphatic rings. The van der Waals surface area contributed by atoms with E-state index in [2.05, 4.69) is 10.0 Å². The average Bonchev–Trinajstić information content (AvgIpc) is 2.84. The van der Waals surface area contributed by atoms with Gasteiger partial charge in [-0.15, -0.1) is 0 Å². The van der Waals surface area contributed by atoms with Gasteiger partial charge in [-0.1, -0.05) is 24.3 Å². The van der Waals surface area contributed by atoms with Crippen molar-refractivity contribution in [2.75, 3.05) is 17.1 Å². The topological polar surface area (TPSA) is 115 Å². The van der Waals surface area contributed by atoms with Gasteiger partial charge in [0.1, 0.15) is 11.3 Å². The van der Waals surface area contributed by atoms with Crippen molar-refractivity contribution in [3.8, 4) is 5.75 Å². The van der Waals surface area contributed by atoms with Crippen LogP contribution in [-0.4, -0.2) is 21.4 Å². The van der Waals surface area contributed by atoms with Crippen molar-refractivity contribution in [3.63, 3.8) is 0 Å². The minimum Gasteiger partial charge on any atom is -0.497 e. The van der Waals surface area contributed by atoms with Crippen LogP contribution in [0.4, 0.5) is 11.4 Å². The molecule has 0 atom stereocenters. The Morgan fingerprint density at radius 2 is 1.71 bits per heavy atom. The molecule has 0 saturated heterocycles. The number of aryl methyl sites for hydroxylation is 1. The second kappa shape index (κ2) is 10.0. The van der Waals surface area contributed by atoms with Crippen LogP contribution in [-0.2, 0) is 21.2 Å². The molecule has 2 N–H and O–H groups in total. The van der Waals surface area contributed by atoms with Gasteiger partial charge in [-0.2, -0.15) is 0 Å². The van der Waals surface area contributed by atoms with Gasteiger partial charge >= 0.3 is 5.63 Å². The molecule has 180 valence electrons. The molecule has 0 fully saturated rings. The van der Waals surface area contributed by atoms with Crippen molar-refractivity contribution in [1.82, 2.24) is 0 Å².